The van der Waals surface area contributed by atoms with Crippen LogP contribution in [0.15, 0.2) is 0 Å². The second-order valence-electron chi connectivity index (χ2n) is 4.29. The van der Waals surface area contributed by atoms with E-state index in [1.54, 1.807) is 13.8 Å². The molecule has 1 fully saturated rings. The molecule has 0 aromatic carbocycles. The van der Waals surface area contributed by atoms with Gasteiger partial charge in [-0.05, 0) is 34.2 Å². The van der Waals surface area contributed by atoms with Crippen molar-refractivity contribution in [2.75, 3.05) is 13.6 Å². The quantitative estimate of drug-likeness (QED) is 0.566. The summed E-state index contributed by atoms with van der Waals surface area (Å²) in [6, 6.07) is 0.551. The maximum Gasteiger partial charge on any atom is 0.109 e. The number of likely N-dealkylation sites (tertiary alicyclic amines) is 1. The van der Waals surface area contributed by atoms with E-state index in [1.165, 1.54) is 0 Å². The Morgan fingerprint density at radius 2 is 2.00 bits per heavy atom. The third-order valence-corrected chi connectivity index (χ3v) is 2.86. The average Bonchev–Trinajstić information content (AvgIpc) is 2.11. The van der Waals surface area contributed by atoms with Crippen LogP contribution in [0.4, 0.5) is 4.39 Å². The first-order valence-electron chi connectivity index (χ1n) is 4.30. The van der Waals surface area contributed by atoms with Crippen molar-refractivity contribution in [3.63, 3.8) is 0 Å². The van der Waals surface area contributed by atoms with Crippen LogP contribution < -0.4 is 0 Å². The summed E-state index contributed by atoms with van der Waals surface area (Å²) in [6.07, 6.45) is 1.00. The highest BCUT2D eigenvalue weighted by atomic mass is 19.1. The van der Waals surface area contributed by atoms with Crippen molar-refractivity contribution in [2.24, 2.45) is 5.92 Å². The van der Waals surface area contributed by atoms with Crippen LogP contribution in [0.5, 0.6) is 0 Å². The first kappa shape index (κ1) is 8.98. The zero-order valence-corrected chi connectivity index (χ0v) is 7.89. The normalized spacial score (nSPS) is 34.6. The molecular formula is C9H18FN. The van der Waals surface area contributed by atoms with Crippen molar-refractivity contribution in [3.8, 4) is 0 Å². The summed E-state index contributed by atoms with van der Waals surface area (Å²) in [5.41, 5.74) is -1.00. The van der Waals surface area contributed by atoms with Gasteiger partial charge in [0.05, 0.1) is 0 Å². The Morgan fingerprint density at radius 1 is 1.45 bits per heavy atom. The van der Waals surface area contributed by atoms with Gasteiger partial charge in [-0.3, -0.25) is 0 Å². The molecular weight excluding hydrogens is 141 g/mol. The van der Waals surface area contributed by atoms with Gasteiger partial charge in [-0.25, -0.2) is 4.39 Å². The lowest BCUT2D eigenvalue weighted by Crippen LogP contribution is -2.28. The minimum atomic E-state index is -1.00. The fourth-order valence-corrected chi connectivity index (χ4v) is 1.69. The molecule has 1 saturated heterocycles. The van der Waals surface area contributed by atoms with E-state index < -0.39 is 5.67 Å². The fourth-order valence-electron chi connectivity index (χ4n) is 1.69. The molecule has 2 atom stereocenters. The first-order chi connectivity index (χ1) is 4.91. The summed E-state index contributed by atoms with van der Waals surface area (Å²) in [6.45, 7) is 6.43. The molecule has 11 heavy (non-hydrogen) atoms. The van der Waals surface area contributed by atoms with E-state index in [0.717, 1.165) is 13.0 Å². The maximum absolute atomic E-state index is 13.4. The monoisotopic (exact) mass is 159 g/mol. The van der Waals surface area contributed by atoms with Crippen LogP contribution in [0.1, 0.15) is 27.2 Å². The molecule has 0 bridgehead atoms. The van der Waals surface area contributed by atoms with Gasteiger partial charge >= 0.3 is 0 Å². The maximum atomic E-state index is 13.4. The Hall–Kier alpha value is -0.110. The van der Waals surface area contributed by atoms with Gasteiger partial charge in [0.2, 0.25) is 0 Å². The van der Waals surface area contributed by atoms with Crippen molar-refractivity contribution in [3.05, 3.63) is 0 Å². The number of hydrogen-bond acceptors (Lipinski definition) is 1. The van der Waals surface area contributed by atoms with Crippen LogP contribution >= 0.6 is 0 Å². The second-order valence-corrected chi connectivity index (χ2v) is 4.29. The van der Waals surface area contributed by atoms with Gasteiger partial charge in [-0.2, -0.15) is 0 Å². The predicted molar refractivity (Wildman–Crippen MR) is 45.4 cm³/mol. The number of hydrogen-bond donors (Lipinski definition) is 0. The van der Waals surface area contributed by atoms with Crippen molar-refractivity contribution in [1.29, 1.82) is 0 Å². The molecule has 0 spiro atoms. The Balaban J connectivity index is 2.54. The topological polar surface area (TPSA) is 3.24 Å². The molecule has 0 amide bonds. The predicted octanol–water partition coefficient (Wildman–Crippen LogP) is 2.07. The van der Waals surface area contributed by atoms with Crippen molar-refractivity contribution < 1.29 is 4.39 Å². The molecule has 0 saturated carbocycles. The van der Waals surface area contributed by atoms with Gasteiger partial charge in [0, 0.05) is 18.5 Å². The summed E-state index contributed by atoms with van der Waals surface area (Å²) >= 11 is 0. The zero-order valence-electron chi connectivity index (χ0n) is 7.89. The lowest BCUT2D eigenvalue weighted by Gasteiger charge is -2.21. The largest absolute Gasteiger partial charge is 0.303 e. The Labute approximate surface area is 68.6 Å². The highest BCUT2D eigenvalue weighted by Crippen LogP contribution is 2.32. The molecule has 1 aliphatic rings. The highest BCUT2D eigenvalue weighted by molar-refractivity contribution is 4.89. The highest BCUT2D eigenvalue weighted by Gasteiger charge is 2.37. The minimum Gasteiger partial charge on any atom is -0.303 e. The van der Waals surface area contributed by atoms with Crippen molar-refractivity contribution in [1.82, 2.24) is 4.90 Å². The lowest BCUT2D eigenvalue weighted by molar-refractivity contribution is 0.129. The van der Waals surface area contributed by atoms with Crippen LogP contribution in [0.2, 0.25) is 0 Å². The van der Waals surface area contributed by atoms with Crippen LogP contribution in [0.25, 0.3) is 0 Å². The molecule has 2 unspecified atom stereocenters. The molecule has 66 valence electrons. The van der Waals surface area contributed by atoms with E-state index in [0.29, 0.717) is 6.04 Å². The van der Waals surface area contributed by atoms with E-state index in [1.807, 2.05) is 0 Å². The second kappa shape index (κ2) is 2.74. The van der Waals surface area contributed by atoms with E-state index in [-0.39, 0.29) is 5.92 Å². The average molecular weight is 159 g/mol. The van der Waals surface area contributed by atoms with Crippen molar-refractivity contribution in [2.45, 2.75) is 38.9 Å². The number of nitrogens with zero attached hydrogens (tertiary/aromatic N) is 1. The minimum absolute atomic E-state index is 0.225. The van der Waals surface area contributed by atoms with Gasteiger partial charge in [0.25, 0.3) is 0 Å². The van der Waals surface area contributed by atoms with Gasteiger partial charge < -0.3 is 4.90 Å². The lowest BCUT2D eigenvalue weighted by atomic mass is 9.91. The van der Waals surface area contributed by atoms with Gasteiger partial charge in [-0.15, -0.1) is 0 Å². The van der Waals surface area contributed by atoms with Gasteiger partial charge in [0.1, 0.15) is 5.67 Å². The molecule has 0 aromatic rings. The molecule has 1 nitrogen and oxygen atoms in total. The summed E-state index contributed by atoms with van der Waals surface area (Å²) < 4.78 is 13.4. The van der Waals surface area contributed by atoms with E-state index in [4.69, 9.17) is 0 Å². The number of halogens is 1. The third kappa shape index (κ3) is 1.92. The van der Waals surface area contributed by atoms with Crippen LogP contribution in [-0.4, -0.2) is 30.2 Å². The van der Waals surface area contributed by atoms with E-state index in [9.17, 15) is 4.39 Å². The van der Waals surface area contributed by atoms with Crippen LogP contribution in [-0.2, 0) is 0 Å². The Bertz CT molecular complexity index is 129. The van der Waals surface area contributed by atoms with Crippen LogP contribution in [0.3, 0.4) is 0 Å². The standard InChI is InChI=1S/C9H18FN/c1-7-5-8(6-11(7)4)9(2,3)10/h7-8H,5-6H2,1-4H3. The fraction of sp³-hybridized carbons (Fsp3) is 1.00. The number of alkyl halides is 1. The molecule has 0 radical (unpaired) electrons. The van der Waals surface area contributed by atoms with Crippen LogP contribution in [0, 0.1) is 5.92 Å². The molecule has 2 heteroatoms. The molecule has 0 aromatic heterocycles. The summed E-state index contributed by atoms with van der Waals surface area (Å²) in [5.74, 6) is 0.225. The van der Waals surface area contributed by atoms with E-state index in [2.05, 4.69) is 18.9 Å². The van der Waals surface area contributed by atoms with Crippen molar-refractivity contribution >= 4 is 0 Å². The Morgan fingerprint density at radius 3 is 2.18 bits per heavy atom. The molecule has 1 rings (SSSR count). The molecule has 0 N–H and O–H groups in total. The van der Waals surface area contributed by atoms with E-state index >= 15 is 0 Å². The zero-order chi connectivity index (χ0) is 8.65. The number of rotatable bonds is 1. The molecule has 0 aliphatic carbocycles. The summed E-state index contributed by atoms with van der Waals surface area (Å²) in [5, 5.41) is 0. The van der Waals surface area contributed by atoms with Gasteiger partial charge in [0.15, 0.2) is 0 Å². The van der Waals surface area contributed by atoms with Gasteiger partial charge in [-0.1, -0.05) is 0 Å². The SMILES string of the molecule is CC1CC(C(C)(C)F)CN1C. The molecule has 1 heterocycles. The molecule has 1 aliphatic heterocycles. The summed E-state index contributed by atoms with van der Waals surface area (Å²) in [7, 11) is 2.07. The first-order valence-corrected chi connectivity index (χ1v) is 4.30. The smallest absolute Gasteiger partial charge is 0.109 e. The Kier molecular flexibility index (Phi) is 2.24. The summed E-state index contributed by atoms with van der Waals surface area (Å²) in [4.78, 5) is 2.23. The third-order valence-electron chi connectivity index (χ3n) is 2.86.